The fraction of sp³-hybridized carbons (Fsp3) is 1.00. The molecule has 2 nitrogen and oxygen atoms in total. The summed E-state index contributed by atoms with van der Waals surface area (Å²) in [7, 11) is 0. The van der Waals surface area contributed by atoms with Gasteiger partial charge in [0.15, 0.2) is 0 Å². The molecule has 0 heterocycles. The second kappa shape index (κ2) is 3.53. The molecule has 0 radical (unpaired) electrons. The van der Waals surface area contributed by atoms with E-state index in [-0.39, 0.29) is 0 Å². The molecule has 74 valence electrons. The number of hydrogen-bond donors (Lipinski definition) is 2. The molecule has 4 N–H and O–H groups in total. The average Bonchev–Trinajstić information content (AvgIpc) is 2.03. The summed E-state index contributed by atoms with van der Waals surface area (Å²) in [5, 5.41) is 0. The first-order valence-corrected chi connectivity index (χ1v) is 3.08. The summed E-state index contributed by atoms with van der Waals surface area (Å²) in [6.45, 7) is -2.94. The van der Waals surface area contributed by atoms with E-state index >= 15 is 0 Å². The van der Waals surface area contributed by atoms with Crippen LogP contribution in [0.2, 0.25) is 0 Å². The highest BCUT2D eigenvalue weighted by molar-refractivity contribution is 4.89. The Morgan fingerprint density at radius 1 is 0.917 bits per heavy atom. The molecule has 0 aromatic rings. The molecule has 0 fully saturated rings. The molecular weight excluding hydrogens is 183 g/mol. The normalized spacial score (nSPS) is 14.0. The van der Waals surface area contributed by atoms with Crippen molar-refractivity contribution < 1.29 is 22.0 Å². The fourth-order valence-corrected chi connectivity index (χ4v) is 0.516. The highest BCUT2D eigenvalue weighted by Crippen LogP contribution is 2.32. The standard InChI is InChI=1S/C5H9F5N2/c6-3(4(7,8)1-11)5(9,10)2-12/h3H,1-2,11-12H2. The van der Waals surface area contributed by atoms with Crippen molar-refractivity contribution in [3.63, 3.8) is 0 Å². The van der Waals surface area contributed by atoms with Crippen molar-refractivity contribution >= 4 is 0 Å². The number of rotatable bonds is 4. The van der Waals surface area contributed by atoms with Crippen LogP contribution in [0.25, 0.3) is 0 Å². The van der Waals surface area contributed by atoms with Crippen molar-refractivity contribution in [1.29, 1.82) is 0 Å². The van der Waals surface area contributed by atoms with Crippen LogP contribution in [0.3, 0.4) is 0 Å². The van der Waals surface area contributed by atoms with E-state index in [1.165, 1.54) is 0 Å². The van der Waals surface area contributed by atoms with Gasteiger partial charge in [0.1, 0.15) is 0 Å². The summed E-state index contributed by atoms with van der Waals surface area (Å²) < 4.78 is 61.1. The maximum atomic E-state index is 12.3. The molecule has 12 heavy (non-hydrogen) atoms. The van der Waals surface area contributed by atoms with Crippen LogP contribution in [0, 0.1) is 0 Å². The van der Waals surface area contributed by atoms with Gasteiger partial charge in [-0.15, -0.1) is 0 Å². The largest absolute Gasteiger partial charge is 0.325 e. The Hall–Kier alpha value is -0.430. The maximum absolute atomic E-state index is 12.3. The van der Waals surface area contributed by atoms with Gasteiger partial charge in [-0.05, 0) is 0 Å². The summed E-state index contributed by atoms with van der Waals surface area (Å²) in [6.07, 6.45) is -3.62. The van der Waals surface area contributed by atoms with E-state index in [4.69, 9.17) is 0 Å². The molecule has 0 saturated heterocycles. The minimum atomic E-state index is -4.23. The van der Waals surface area contributed by atoms with E-state index in [0.29, 0.717) is 0 Å². The van der Waals surface area contributed by atoms with Gasteiger partial charge in [0.25, 0.3) is 11.8 Å². The van der Waals surface area contributed by atoms with E-state index in [2.05, 4.69) is 11.5 Å². The van der Waals surface area contributed by atoms with Crippen LogP contribution in [-0.2, 0) is 0 Å². The minimum absolute atomic E-state index is 1.47. The Labute approximate surface area is 65.7 Å². The molecule has 0 aliphatic rings. The first-order chi connectivity index (χ1) is 5.28. The Morgan fingerprint density at radius 2 is 1.17 bits per heavy atom. The second-order valence-corrected chi connectivity index (χ2v) is 2.29. The number of hydrogen-bond acceptors (Lipinski definition) is 2. The van der Waals surface area contributed by atoms with Crippen molar-refractivity contribution in [1.82, 2.24) is 0 Å². The summed E-state index contributed by atoms with van der Waals surface area (Å²) in [6, 6.07) is 0. The van der Waals surface area contributed by atoms with Crippen LogP contribution < -0.4 is 11.5 Å². The second-order valence-electron chi connectivity index (χ2n) is 2.29. The summed E-state index contributed by atoms with van der Waals surface area (Å²) in [4.78, 5) is 0. The lowest BCUT2D eigenvalue weighted by Gasteiger charge is -2.25. The number of alkyl halides is 5. The molecule has 0 aliphatic carbocycles. The van der Waals surface area contributed by atoms with E-state index in [0.717, 1.165) is 0 Å². The first-order valence-electron chi connectivity index (χ1n) is 3.08. The highest BCUT2D eigenvalue weighted by atomic mass is 19.3. The lowest BCUT2D eigenvalue weighted by atomic mass is 10.1. The molecule has 7 heteroatoms. The van der Waals surface area contributed by atoms with Crippen LogP contribution in [0.4, 0.5) is 22.0 Å². The van der Waals surface area contributed by atoms with Crippen LogP contribution >= 0.6 is 0 Å². The Balaban J connectivity index is 4.47. The van der Waals surface area contributed by atoms with E-state index in [9.17, 15) is 22.0 Å². The van der Waals surface area contributed by atoms with Gasteiger partial charge < -0.3 is 11.5 Å². The van der Waals surface area contributed by atoms with Gasteiger partial charge >= 0.3 is 0 Å². The quantitative estimate of drug-likeness (QED) is 0.637. The third-order valence-electron chi connectivity index (χ3n) is 1.29. The fourth-order valence-electron chi connectivity index (χ4n) is 0.516. The summed E-state index contributed by atoms with van der Waals surface area (Å²) in [5.74, 6) is -8.47. The topological polar surface area (TPSA) is 52.0 Å². The lowest BCUT2D eigenvalue weighted by molar-refractivity contribution is -0.170. The molecule has 0 aromatic heterocycles. The molecule has 0 aromatic carbocycles. The molecule has 0 saturated carbocycles. The van der Waals surface area contributed by atoms with E-state index in [1.54, 1.807) is 0 Å². The molecule has 0 spiro atoms. The zero-order chi connectivity index (χ0) is 9.99. The van der Waals surface area contributed by atoms with Crippen molar-refractivity contribution in [2.75, 3.05) is 13.1 Å². The van der Waals surface area contributed by atoms with Gasteiger partial charge in [-0.2, -0.15) is 0 Å². The first kappa shape index (κ1) is 11.6. The Bertz CT molecular complexity index is 133. The van der Waals surface area contributed by atoms with Crippen LogP contribution in [0.1, 0.15) is 0 Å². The molecule has 0 atom stereocenters. The van der Waals surface area contributed by atoms with Gasteiger partial charge in [-0.25, -0.2) is 22.0 Å². The molecule has 0 rings (SSSR count). The molecule has 0 amide bonds. The van der Waals surface area contributed by atoms with Crippen LogP contribution in [0.5, 0.6) is 0 Å². The predicted molar refractivity (Wildman–Crippen MR) is 32.9 cm³/mol. The van der Waals surface area contributed by atoms with Crippen molar-refractivity contribution in [3.8, 4) is 0 Å². The minimum Gasteiger partial charge on any atom is -0.325 e. The van der Waals surface area contributed by atoms with Gasteiger partial charge in [0.05, 0.1) is 13.1 Å². The Kier molecular flexibility index (Phi) is 3.40. The third kappa shape index (κ3) is 2.28. The molecule has 0 aliphatic heterocycles. The number of nitrogens with two attached hydrogens (primary N) is 2. The van der Waals surface area contributed by atoms with Gasteiger partial charge in [-0.3, -0.25) is 0 Å². The van der Waals surface area contributed by atoms with Crippen LogP contribution in [0.15, 0.2) is 0 Å². The van der Waals surface area contributed by atoms with Gasteiger partial charge in [0.2, 0.25) is 6.17 Å². The zero-order valence-electron chi connectivity index (χ0n) is 6.04. The van der Waals surface area contributed by atoms with Crippen LogP contribution in [-0.4, -0.2) is 31.1 Å². The predicted octanol–water partition coefficient (Wildman–Crippen LogP) is 0.513. The van der Waals surface area contributed by atoms with Crippen molar-refractivity contribution in [2.24, 2.45) is 11.5 Å². The number of halogens is 5. The maximum Gasteiger partial charge on any atom is 0.296 e. The summed E-state index contributed by atoms with van der Waals surface area (Å²) >= 11 is 0. The smallest absolute Gasteiger partial charge is 0.296 e. The van der Waals surface area contributed by atoms with Gasteiger partial charge in [0, 0.05) is 0 Å². The zero-order valence-corrected chi connectivity index (χ0v) is 6.04. The van der Waals surface area contributed by atoms with E-state index < -0.39 is 31.1 Å². The molecule has 0 unspecified atom stereocenters. The van der Waals surface area contributed by atoms with Crippen molar-refractivity contribution in [3.05, 3.63) is 0 Å². The SMILES string of the molecule is NCC(F)(F)C(F)C(F)(F)CN. The third-order valence-corrected chi connectivity index (χ3v) is 1.29. The van der Waals surface area contributed by atoms with Crippen molar-refractivity contribution in [2.45, 2.75) is 18.0 Å². The summed E-state index contributed by atoms with van der Waals surface area (Å²) in [5.41, 5.74) is 8.79. The monoisotopic (exact) mass is 192 g/mol. The molecular formula is C5H9F5N2. The lowest BCUT2D eigenvalue weighted by Crippen LogP contribution is -2.51. The van der Waals surface area contributed by atoms with Gasteiger partial charge in [-0.1, -0.05) is 0 Å². The highest BCUT2D eigenvalue weighted by Gasteiger charge is 2.54. The molecule has 0 bridgehead atoms. The van der Waals surface area contributed by atoms with E-state index in [1.807, 2.05) is 0 Å². The average molecular weight is 192 g/mol. The Morgan fingerprint density at radius 3 is 1.33 bits per heavy atom.